The summed E-state index contributed by atoms with van der Waals surface area (Å²) in [6.07, 6.45) is 0.539. The molecule has 0 aliphatic carbocycles. The summed E-state index contributed by atoms with van der Waals surface area (Å²) in [5.74, 6) is 0.0660. The van der Waals surface area contributed by atoms with Gasteiger partial charge in [0.25, 0.3) is 5.91 Å². The van der Waals surface area contributed by atoms with Crippen molar-refractivity contribution in [3.63, 3.8) is 0 Å². The number of hydrogen-bond donors (Lipinski definition) is 2. The standard InChI is InChI=1S/C18H28N4O2/c1-11(2)14-10-13(17(24)19-8-7-9-23)15-12(3)21-22(16(15)20-14)18(4,5)6/h10-11,23H,7-9H2,1-6H3,(H,19,24). The average molecular weight is 332 g/mol. The van der Waals surface area contributed by atoms with Crippen LogP contribution in [0.4, 0.5) is 0 Å². The zero-order valence-corrected chi connectivity index (χ0v) is 15.5. The van der Waals surface area contributed by atoms with Crippen molar-refractivity contribution in [3.8, 4) is 0 Å². The van der Waals surface area contributed by atoms with Crippen LogP contribution in [0.15, 0.2) is 6.07 Å². The molecule has 2 aromatic rings. The minimum Gasteiger partial charge on any atom is -0.396 e. The first-order chi connectivity index (χ1) is 11.2. The molecule has 0 atom stereocenters. The van der Waals surface area contributed by atoms with E-state index in [0.717, 1.165) is 22.4 Å². The average Bonchev–Trinajstić information content (AvgIpc) is 2.84. The monoisotopic (exact) mass is 332 g/mol. The lowest BCUT2D eigenvalue weighted by atomic mass is 10.0. The summed E-state index contributed by atoms with van der Waals surface area (Å²) in [7, 11) is 0. The van der Waals surface area contributed by atoms with Crippen molar-refractivity contribution in [2.45, 2.75) is 59.4 Å². The maximum Gasteiger partial charge on any atom is 0.252 e. The highest BCUT2D eigenvalue weighted by atomic mass is 16.3. The number of aromatic nitrogens is 3. The van der Waals surface area contributed by atoms with Gasteiger partial charge in [-0.3, -0.25) is 4.79 Å². The lowest BCUT2D eigenvalue weighted by Crippen LogP contribution is -2.26. The summed E-state index contributed by atoms with van der Waals surface area (Å²) < 4.78 is 1.90. The van der Waals surface area contributed by atoms with Crippen LogP contribution in [0.5, 0.6) is 0 Å². The van der Waals surface area contributed by atoms with Crippen molar-refractivity contribution in [2.75, 3.05) is 13.2 Å². The molecule has 0 aliphatic rings. The third-order valence-electron chi connectivity index (χ3n) is 3.92. The van der Waals surface area contributed by atoms with Crippen LogP contribution < -0.4 is 5.32 Å². The minimum atomic E-state index is -0.222. The van der Waals surface area contributed by atoms with Gasteiger partial charge in [-0.1, -0.05) is 13.8 Å². The number of nitrogens with one attached hydrogen (secondary N) is 1. The van der Waals surface area contributed by atoms with Crippen molar-refractivity contribution in [1.82, 2.24) is 20.1 Å². The highest BCUT2D eigenvalue weighted by molar-refractivity contribution is 6.06. The van der Waals surface area contributed by atoms with Gasteiger partial charge < -0.3 is 10.4 Å². The summed E-state index contributed by atoms with van der Waals surface area (Å²) in [4.78, 5) is 17.4. The summed E-state index contributed by atoms with van der Waals surface area (Å²) in [5.41, 5.74) is 2.81. The van der Waals surface area contributed by atoms with Crippen molar-refractivity contribution in [3.05, 3.63) is 23.0 Å². The van der Waals surface area contributed by atoms with Gasteiger partial charge in [-0.05, 0) is 46.1 Å². The molecule has 0 spiro atoms. The van der Waals surface area contributed by atoms with E-state index in [1.807, 2.05) is 17.7 Å². The topological polar surface area (TPSA) is 80.0 Å². The SMILES string of the molecule is Cc1nn(C(C)(C)C)c2nc(C(C)C)cc(C(=O)NCCCO)c12. The minimum absolute atomic E-state index is 0.0598. The first kappa shape index (κ1) is 18.4. The summed E-state index contributed by atoms with van der Waals surface area (Å²) in [5, 5.41) is 17.2. The lowest BCUT2D eigenvalue weighted by molar-refractivity contribution is 0.0952. The van der Waals surface area contributed by atoms with Crippen LogP contribution in [-0.2, 0) is 5.54 Å². The Hall–Kier alpha value is -1.95. The van der Waals surface area contributed by atoms with E-state index in [0.29, 0.717) is 18.5 Å². The Bertz CT molecular complexity index is 742. The molecule has 24 heavy (non-hydrogen) atoms. The molecular formula is C18H28N4O2. The maximum absolute atomic E-state index is 12.7. The molecule has 2 aromatic heterocycles. The molecule has 2 heterocycles. The van der Waals surface area contributed by atoms with Crippen LogP contribution in [0.1, 0.15) is 68.7 Å². The summed E-state index contributed by atoms with van der Waals surface area (Å²) >= 11 is 0. The molecule has 0 aliphatic heterocycles. The van der Waals surface area contributed by atoms with Crippen LogP contribution >= 0.6 is 0 Å². The van der Waals surface area contributed by atoms with E-state index >= 15 is 0 Å². The van der Waals surface area contributed by atoms with Gasteiger partial charge >= 0.3 is 0 Å². The van der Waals surface area contributed by atoms with Gasteiger partial charge in [-0.15, -0.1) is 0 Å². The molecule has 2 N–H and O–H groups in total. The molecule has 2 rings (SSSR count). The third kappa shape index (κ3) is 3.59. The molecule has 0 bridgehead atoms. The van der Waals surface area contributed by atoms with E-state index in [1.165, 1.54) is 0 Å². The number of hydrogen-bond acceptors (Lipinski definition) is 4. The smallest absolute Gasteiger partial charge is 0.252 e. The Morgan fingerprint density at radius 3 is 2.58 bits per heavy atom. The largest absolute Gasteiger partial charge is 0.396 e. The van der Waals surface area contributed by atoms with E-state index in [1.54, 1.807) is 0 Å². The van der Waals surface area contributed by atoms with Crippen molar-refractivity contribution in [2.24, 2.45) is 0 Å². The number of fused-ring (bicyclic) bond motifs is 1. The number of carbonyl (C=O) groups excluding carboxylic acids is 1. The van der Waals surface area contributed by atoms with E-state index in [9.17, 15) is 4.79 Å². The number of amides is 1. The van der Waals surface area contributed by atoms with Crippen LogP contribution in [0.25, 0.3) is 11.0 Å². The van der Waals surface area contributed by atoms with Crippen LogP contribution in [0.2, 0.25) is 0 Å². The second-order valence-electron chi connectivity index (χ2n) is 7.45. The van der Waals surface area contributed by atoms with Crippen molar-refractivity contribution < 1.29 is 9.90 Å². The lowest BCUT2D eigenvalue weighted by Gasteiger charge is -2.20. The van der Waals surface area contributed by atoms with Crippen LogP contribution in [0, 0.1) is 6.92 Å². The Kier molecular flexibility index (Phi) is 5.28. The van der Waals surface area contributed by atoms with E-state index < -0.39 is 0 Å². The predicted octanol–water partition coefficient (Wildman–Crippen LogP) is 2.73. The Morgan fingerprint density at radius 1 is 1.38 bits per heavy atom. The second-order valence-corrected chi connectivity index (χ2v) is 7.45. The normalized spacial score (nSPS) is 12.2. The molecule has 0 fully saturated rings. The molecule has 0 unspecified atom stereocenters. The Balaban J connectivity index is 2.65. The molecule has 1 amide bonds. The molecule has 6 nitrogen and oxygen atoms in total. The molecular weight excluding hydrogens is 304 g/mol. The number of pyridine rings is 1. The van der Waals surface area contributed by atoms with Gasteiger partial charge in [-0.25, -0.2) is 9.67 Å². The van der Waals surface area contributed by atoms with Crippen LogP contribution in [-0.4, -0.2) is 38.9 Å². The molecule has 0 radical (unpaired) electrons. The van der Waals surface area contributed by atoms with E-state index in [2.05, 4.69) is 45.0 Å². The van der Waals surface area contributed by atoms with Gasteiger partial charge in [0.1, 0.15) is 0 Å². The number of carbonyl (C=O) groups is 1. The van der Waals surface area contributed by atoms with Crippen molar-refractivity contribution in [1.29, 1.82) is 0 Å². The maximum atomic E-state index is 12.7. The first-order valence-corrected chi connectivity index (χ1v) is 8.46. The zero-order valence-electron chi connectivity index (χ0n) is 15.5. The highest BCUT2D eigenvalue weighted by Gasteiger charge is 2.25. The quantitative estimate of drug-likeness (QED) is 0.825. The van der Waals surface area contributed by atoms with E-state index in [4.69, 9.17) is 10.1 Å². The molecule has 6 heteroatoms. The number of aryl methyl sites for hydroxylation is 1. The second kappa shape index (κ2) is 6.89. The molecule has 132 valence electrons. The molecule has 0 saturated heterocycles. The Labute approximate surface area is 143 Å². The fraction of sp³-hybridized carbons (Fsp3) is 0.611. The fourth-order valence-corrected chi connectivity index (χ4v) is 2.63. The first-order valence-electron chi connectivity index (χ1n) is 8.46. The number of aliphatic hydroxyl groups excluding tert-OH is 1. The number of rotatable bonds is 5. The zero-order chi connectivity index (χ0) is 18.1. The van der Waals surface area contributed by atoms with Crippen molar-refractivity contribution >= 4 is 16.9 Å². The van der Waals surface area contributed by atoms with Gasteiger partial charge in [-0.2, -0.15) is 5.10 Å². The van der Waals surface area contributed by atoms with Gasteiger partial charge in [0.15, 0.2) is 5.65 Å². The fourth-order valence-electron chi connectivity index (χ4n) is 2.63. The summed E-state index contributed by atoms with van der Waals surface area (Å²) in [6, 6.07) is 1.86. The van der Waals surface area contributed by atoms with Gasteiger partial charge in [0.2, 0.25) is 0 Å². The number of nitrogens with zero attached hydrogens (tertiary/aromatic N) is 3. The highest BCUT2D eigenvalue weighted by Crippen LogP contribution is 2.28. The van der Waals surface area contributed by atoms with Gasteiger partial charge in [0.05, 0.1) is 22.2 Å². The summed E-state index contributed by atoms with van der Waals surface area (Å²) in [6.45, 7) is 12.8. The molecule has 0 saturated carbocycles. The van der Waals surface area contributed by atoms with E-state index in [-0.39, 0.29) is 24.0 Å². The molecule has 0 aromatic carbocycles. The van der Waals surface area contributed by atoms with Gasteiger partial charge in [0, 0.05) is 18.8 Å². The van der Waals surface area contributed by atoms with Crippen LogP contribution in [0.3, 0.4) is 0 Å². The number of aliphatic hydroxyl groups is 1. The predicted molar refractivity (Wildman–Crippen MR) is 95.4 cm³/mol. The Morgan fingerprint density at radius 2 is 2.04 bits per heavy atom. The third-order valence-corrected chi connectivity index (χ3v) is 3.92.